The lowest BCUT2D eigenvalue weighted by molar-refractivity contribution is 0.0853. The highest BCUT2D eigenvalue weighted by atomic mass is 16.5. The third-order valence-corrected chi connectivity index (χ3v) is 5.04. The number of likely N-dealkylation sites (N-methyl/N-ethyl adjacent to an activating group) is 1. The molecular weight excluding hydrogens is 370 g/mol. The maximum atomic E-state index is 9.85. The highest BCUT2D eigenvalue weighted by Crippen LogP contribution is 2.27. The molecule has 0 radical (unpaired) electrons. The SMILES string of the molecule is CNCC(O)COc1cccc(-c2nc(NC)cc(N(C)C3CCOCC3)n2)c1. The highest BCUT2D eigenvalue weighted by molar-refractivity contribution is 5.63. The van der Waals surface area contributed by atoms with E-state index in [-0.39, 0.29) is 6.61 Å². The van der Waals surface area contributed by atoms with Gasteiger partial charge in [-0.3, -0.25) is 0 Å². The maximum Gasteiger partial charge on any atom is 0.163 e. The second-order valence-corrected chi connectivity index (χ2v) is 7.19. The van der Waals surface area contributed by atoms with Gasteiger partial charge in [-0.05, 0) is 32.0 Å². The summed E-state index contributed by atoms with van der Waals surface area (Å²) in [6.45, 7) is 2.27. The molecule has 0 aliphatic carbocycles. The summed E-state index contributed by atoms with van der Waals surface area (Å²) in [5, 5.41) is 15.9. The quantitative estimate of drug-likeness (QED) is 0.586. The van der Waals surface area contributed by atoms with E-state index in [2.05, 4.69) is 27.6 Å². The third kappa shape index (κ3) is 5.79. The summed E-state index contributed by atoms with van der Waals surface area (Å²) in [7, 11) is 5.72. The number of benzene rings is 1. The van der Waals surface area contributed by atoms with Crippen LogP contribution in [0, 0.1) is 0 Å². The van der Waals surface area contributed by atoms with Gasteiger partial charge in [0, 0.05) is 51.5 Å². The highest BCUT2D eigenvalue weighted by Gasteiger charge is 2.21. The predicted octanol–water partition coefficient (Wildman–Crippen LogP) is 1.76. The summed E-state index contributed by atoms with van der Waals surface area (Å²) in [6, 6.07) is 10.0. The Hall–Kier alpha value is -2.42. The Bertz CT molecular complexity index is 783. The summed E-state index contributed by atoms with van der Waals surface area (Å²) in [4.78, 5) is 11.6. The average molecular weight is 402 g/mol. The molecule has 3 rings (SSSR count). The molecule has 2 aromatic rings. The van der Waals surface area contributed by atoms with Gasteiger partial charge in [-0.15, -0.1) is 0 Å². The van der Waals surface area contributed by atoms with Crippen LogP contribution < -0.4 is 20.3 Å². The van der Waals surface area contributed by atoms with Crippen LogP contribution in [-0.4, -0.2) is 74.7 Å². The van der Waals surface area contributed by atoms with Crippen LogP contribution in [0.1, 0.15) is 12.8 Å². The van der Waals surface area contributed by atoms with E-state index >= 15 is 0 Å². The Morgan fingerprint density at radius 2 is 2.03 bits per heavy atom. The normalized spacial score (nSPS) is 15.7. The topological polar surface area (TPSA) is 91.8 Å². The second-order valence-electron chi connectivity index (χ2n) is 7.19. The molecule has 0 saturated carbocycles. The molecule has 0 bridgehead atoms. The van der Waals surface area contributed by atoms with Crippen LogP contribution in [0.5, 0.6) is 5.75 Å². The van der Waals surface area contributed by atoms with Gasteiger partial charge in [0.2, 0.25) is 0 Å². The van der Waals surface area contributed by atoms with E-state index in [0.717, 1.165) is 43.3 Å². The van der Waals surface area contributed by atoms with Gasteiger partial charge < -0.3 is 30.1 Å². The number of anilines is 2. The molecule has 1 atom stereocenters. The van der Waals surface area contributed by atoms with Gasteiger partial charge in [-0.2, -0.15) is 0 Å². The predicted molar refractivity (Wildman–Crippen MR) is 115 cm³/mol. The zero-order valence-corrected chi connectivity index (χ0v) is 17.4. The van der Waals surface area contributed by atoms with Gasteiger partial charge in [-0.1, -0.05) is 12.1 Å². The van der Waals surface area contributed by atoms with E-state index in [0.29, 0.717) is 24.2 Å². The number of ether oxygens (including phenoxy) is 2. The molecular formula is C21H31N5O3. The van der Waals surface area contributed by atoms with Gasteiger partial charge in [0.1, 0.15) is 30.1 Å². The van der Waals surface area contributed by atoms with Crippen LogP contribution in [0.25, 0.3) is 11.4 Å². The summed E-state index contributed by atoms with van der Waals surface area (Å²) in [5.41, 5.74) is 0.865. The van der Waals surface area contributed by atoms with Crippen molar-refractivity contribution in [1.82, 2.24) is 15.3 Å². The average Bonchev–Trinajstić information content (AvgIpc) is 2.78. The number of nitrogens with zero attached hydrogens (tertiary/aromatic N) is 3. The Balaban J connectivity index is 1.81. The Morgan fingerprint density at radius 1 is 1.24 bits per heavy atom. The van der Waals surface area contributed by atoms with Crippen LogP contribution in [0.2, 0.25) is 0 Å². The molecule has 1 aliphatic rings. The molecule has 1 unspecified atom stereocenters. The van der Waals surface area contributed by atoms with Crippen LogP contribution in [0.3, 0.4) is 0 Å². The fourth-order valence-corrected chi connectivity index (χ4v) is 3.34. The van der Waals surface area contributed by atoms with E-state index in [1.165, 1.54) is 0 Å². The zero-order chi connectivity index (χ0) is 20.6. The summed E-state index contributed by atoms with van der Waals surface area (Å²) < 4.78 is 11.2. The zero-order valence-electron chi connectivity index (χ0n) is 17.4. The molecule has 1 saturated heterocycles. The fourth-order valence-electron chi connectivity index (χ4n) is 3.34. The summed E-state index contributed by atoms with van der Waals surface area (Å²) >= 11 is 0. The number of aliphatic hydroxyl groups excluding tert-OH is 1. The second kappa shape index (κ2) is 10.4. The molecule has 158 valence electrons. The molecule has 1 aliphatic heterocycles. The van der Waals surface area contributed by atoms with Crippen molar-refractivity contribution in [1.29, 1.82) is 0 Å². The van der Waals surface area contributed by atoms with Crippen molar-refractivity contribution >= 4 is 11.6 Å². The van der Waals surface area contributed by atoms with Crippen molar-refractivity contribution in [3.05, 3.63) is 30.3 Å². The van der Waals surface area contributed by atoms with Crippen molar-refractivity contribution in [2.75, 3.05) is 57.7 Å². The van der Waals surface area contributed by atoms with Gasteiger partial charge >= 0.3 is 0 Å². The number of aromatic nitrogens is 2. The summed E-state index contributed by atoms with van der Waals surface area (Å²) in [6.07, 6.45) is 1.42. The molecule has 3 N–H and O–H groups in total. The minimum Gasteiger partial charge on any atom is -0.491 e. The smallest absolute Gasteiger partial charge is 0.163 e. The molecule has 1 fully saturated rings. The Morgan fingerprint density at radius 3 is 2.76 bits per heavy atom. The minimum atomic E-state index is -0.563. The molecule has 0 spiro atoms. The standard InChI is InChI=1S/C21H31N5O3/c1-22-13-17(27)14-29-18-6-4-5-15(11-18)21-24-19(23-2)12-20(25-21)26(3)16-7-9-28-10-8-16/h4-6,11-12,16-17,22,27H,7-10,13-14H2,1-3H3,(H,23,24,25). The Labute approximate surface area is 172 Å². The van der Waals surface area contributed by atoms with Gasteiger partial charge in [-0.25, -0.2) is 9.97 Å². The lowest BCUT2D eigenvalue weighted by atomic mass is 10.1. The van der Waals surface area contributed by atoms with E-state index in [1.807, 2.05) is 37.4 Å². The van der Waals surface area contributed by atoms with Crippen molar-refractivity contribution in [3.63, 3.8) is 0 Å². The molecule has 29 heavy (non-hydrogen) atoms. The van der Waals surface area contributed by atoms with E-state index in [9.17, 15) is 5.11 Å². The summed E-state index contributed by atoms with van der Waals surface area (Å²) in [5.74, 6) is 2.95. The largest absolute Gasteiger partial charge is 0.491 e. The third-order valence-electron chi connectivity index (χ3n) is 5.04. The van der Waals surface area contributed by atoms with E-state index < -0.39 is 6.10 Å². The fraction of sp³-hybridized carbons (Fsp3) is 0.524. The number of aliphatic hydroxyl groups is 1. The first-order valence-corrected chi connectivity index (χ1v) is 10.0. The lowest BCUT2D eigenvalue weighted by Crippen LogP contribution is -2.37. The van der Waals surface area contributed by atoms with E-state index in [1.54, 1.807) is 7.05 Å². The molecule has 1 aromatic carbocycles. The Kier molecular flexibility index (Phi) is 7.62. The number of rotatable bonds is 9. The van der Waals surface area contributed by atoms with Crippen molar-refractivity contribution in [2.24, 2.45) is 0 Å². The molecule has 1 aromatic heterocycles. The first-order valence-electron chi connectivity index (χ1n) is 10.0. The molecule has 2 heterocycles. The molecule has 0 amide bonds. The van der Waals surface area contributed by atoms with Gasteiger partial charge in [0.05, 0.1) is 0 Å². The number of nitrogens with one attached hydrogen (secondary N) is 2. The van der Waals surface area contributed by atoms with E-state index in [4.69, 9.17) is 14.5 Å². The first-order chi connectivity index (χ1) is 14.1. The van der Waals surface area contributed by atoms with Gasteiger partial charge in [0.15, 0.2) is 5.82 Å². The number of hydrogen-bond donors (Lipinski definition) is 3. The monoisotopic (exact) mass is 401 g/mol. The minimum absolute atomic E-state index is 0.222. The maximum absolute atomic E-state index is 9.85. The van der Waals surface area contributed by atoms with Crippen LogP contribution in [0.4, 0.5) is 11.6 Å². The van der Waals surface area contributed by atoms with Crippen LogP contribution >= 0.6 is 0 Å². The van der Waals surface area contributed by atoms with Crippen molar-refractivity contribution in [3.8, 4) is 17.1 Å². The van der Waals surface area contributed by atoms with Crippen molar-refractivity contribution in [2.45, 2.75) is 25.0 Å². The first kappa shape index (κ1) is 21.3. The van der Waals surface area contributed by atoms with Crippen LogP contribution in [-0.2, 0) is 4.74 Å². The van der Waals surface area contributed by atoms with Crippen LogP contribution in [0.15, 0.2) is 30.3 Å². The molecule has 8 nitrogen and oxygen atoms in total. The number of hydrogen-bond acceptors (Lipinski definition) is 8. The van der Waals surface area contributed by atoms with Gasteiger partial charge in [0.25, 0.3) is 0 Å². The lowest BCUT2D eigenvalue weighted by Gasteiger charge is -2.32. The molecule has 8 heteroatoms. The van der Waals surface area contributed by atoms with Crippen molar-refractivity contribution < 1.29 is 14.6 Å².